The molecule has 0 N–H and O–H groups in total. The van der Waals surface area contributed by atoms with Crippen LogP contribution in [0.1, 0.15) is 48.7 Å². The number of fused-ring (bicyclic) bond motifs is 1. The Bertz CT molecular complexity index is 468. The quantitative estimate of drug-likeness (QED) is 0.592. The Morgan fingerprint density at radius 3 is 2.90 bits per heavy atom. The summed E-state index contributed by atoms with van der Waals surface area (Å²) in [6.45, 7) is 6.60. The number of carbonyl (C=O) groups excluding carboxylic acids is 1. The summed E-state index contributed by atoms with van der Waals surface area (Å²) in [4.78, 5) is 16.8. The molecule has 0 saturated heterocycles. The van der Waals surface area contributed by atoms with Crippen LogP contribution in [0, 0.1) is 5.92 Å². The van der Waals surface area contributed by atoms with Crippen molar-refractivity contribution >= 4 is 5.78 Å². The molecule has 5 heteroatoms. The fraction of sp³-hybridized carbons (Fsp3) is 0.733. The highest BCUT2D eigenvalue weighted by molar-refractivity contribution is 5.96. The Balaban J connectivity index is 2.17. The number of rotatable bonds is 6. The number of aromatic nitrogens is 2. The molecular weight excluding hydrogens is 256 g/mol. The summed E-state index contributed by atoms with van der Waals surface area (Å²) in [6.07, 6.45) is 2.59. The number of nitrogens with zero attached hydrogens (tertiary/aromatic N) is 2. The lowest BCUT2D eigenvalue weighted by molar-refractivity contribution is 0.0572. The van der Waals surface area contributed by atoms with Crippen molar-refractivity contribution in [3.63, 3.8) is 0 Å². The molecule has 1 atom stereocenters. The van der Waals surface area contributed by atoms with E-state index in [2.05, 4.69) is 23.4 Å². The maximum atomic E-state index is 12.2. The highest BCUT2D eigenvalue weighted by atomic mass is 16.5. The minimum Gasteiger partial charge on any atom is -0.382 e. The van der Waals surface area contributed by atoms with Crippen molar-refractivity contribution in [3.8, 4) is 0 Å². The molecule has 0 saturated carbocycles. The molecule has 2 rings (SSSR count). The summed E-state index contributed by atoms with van der Waals surface area (Å²) in [7, 11) is 1.65. The molecule has 20 heavy (non-hydrogen) atoms. The number of methoxy groups -OCH3 is 1. The fourth-order valence-electron chi connectivity index (χ4n) is 2.70. The second-order valence-corrected chi connectivity index (χ2v) is 5.38. The van der Waals surface area contributed by atoms with Crippen LogP contribution in [-0.4, -0.2) is 35.7 Å². The minimum absolute atomic E-state index is 0.176. The van der Waals surface area contributed by atoms with Gasteiger partial charge in [-0.15, -0.1) is 0 Å². The molecular formula is C15H24N2O3. The van der Waals surface area contributed by atoms with Crippen LogP contribution >= 0.6 is 0 Å². The van der Waals surface area contributed by atoms with Gasteiger partial charge < -0.3 is 14.0 Å². The van der Waals surface area contributed by atoms with E-state index in [4.69, 9.17) is 9.47 Å². The molecule has 1 unspecified atom stereocenters. The number of ether oxygens (including phenoxy) is 2. The van der Waals surface area contributed by atoms with E-state index in [0.29, 0.717) is 37.9 Å². The van der Waals surface area contributed by atoms with Crippen molar-refractivity contribution < 1.29 is 14.3 Å². The van der Waals surface area contributed by atoms with Gasteiger partial charge in [0, 0.05) is 25.8 Å². The molecule has 0 radical (unpaired) electrons. The van der Waals surface area contributed by atoms with Crippen LogP contribution in [0.2, 0.25) is 0 Å². The first-order valence-electron chi connectivity index (χ1n) is 7.35. The Kier molecular flexibility index (Phi) is 5.31. The molecule has 0 spiro atoms. The lowest BCUT2D eigenvalue weighted by atomic mass is 10.0. The van der Waals surface area contributed by atoms with Crippen LogP contribution in [-0.2, 0) is 29.0 Å². The Morgan fingerprint density at radius 1 is 1.40 bits per heavy atom. The van der Waals surface area contributed by atoms with E-state index < -0.39 is 0 Å². The van der Waals surface area contributed by atoms with E-state index in [0.717, 1.165) is 30.9 Å². The monoisotopic (exact) mass is 280 g/mol. The first-order valence-corrected chi connectivity index (χ1v) is 7.35. The van der Waals surface area contributed by atoms with E-state index in [1.54, 1.807) is 7.11 Å². The average Bonchev–Trinajstić information content (AvgIpc) is 2.72. The second-order valence-electron chi connectivity index (χ2n) is 5.38. The highest BCUT2D eigenvalue weighted by Crippen LogP contribution is 2.25. The summed E-state index contributed by atoms with van der Waals surface area (Å²) in [5, 5.41) is 0. The SMILES string of the molecule is CCn1c(COCCOC)nc2c1CCC(C)CC2=O. The van der Waals surface area contributed by atoms with Crippen LogP contribution in [0.5, 0.6) is 0 Å². The van der Waals surface area contributed by atoms with Crippen LogP contribution in [0.25, 0.3) is 0 Å². The van der Waals surface area contributed by atoms with Crippen molar-refractivity contribution in [1.82, 2.24) is 9.55 Å². The highest BCUT2D eigenvalue weighted by Gasteiger charge is 2.26. The van der Waals surface area contributed by atoms with Crippen LogP contribution in [0.3, 0.4) is 0 Å². The predicted molar refractivity (Wildman–Crippen MR) is 75.9 cm³/mol. The lowest BCUT2D eigenvalue weighted by Crippen LogP contribution is -2.10. The number of imidazole rings is 1. The van der Waals surface area contributed by atoms with Gasteiger partial charge in [-0.3, -0.25) is 4.79 Å². The molecule has 0 fully saturated rings. The summed E-state index contributed by atoms with van der Waals surface area (Å²) in [5.41, 5.74) is 1.76. The fourth-order valence-corrected chi connectivity index (χ4v) is 2.70. The van der Waals surface area contributed by atoms with E-state index in [9.17, 15) is 4.79 Å². The zero-order valence-corrected chi connectivity index (χ0v) is 12.6. The number of Topliss-reactive ketones (excluding diaryl/α,β-unsaturated/α-hetero) is 1. The number of ketones is 1. The van der Waals surface area contributed by atoms with Gasteiger partial charge in [-0.25, -0.2) is 4.98 Å². The van der Waals surface area contributed by atoms with Gasteiger partial charge in [0.05, 0.1) is 13.2 Å². The third kappa shape index (κ3) is 3.27. The first-order chi connectivity index (χ1) is 9.67. The molecule has 1 aromatic heterocycles. The van der Waals surface area contributed by atoms with Gasteiger partial charge in [0.15, 0.2) is 5.78 Å². The number of hydrogen-bond donors (Lipinski definition) is 0. The van der Waals surface area contributed by atoms with Crippen LogP contribution < -0.4 is 0 Å². The summed E-state index contributed by atoms with van der Waals surface area (Å²) >= 11 is 0. The Labute approximate surface area is 120 Å². The van der Waals surface area contributed by atoms with Gasteiger partial charge in [-0.05, 0) is 25.7 Å². The molecule has 0 bridgehead atoms. The number of hydrogen-bond acceptors (Lipinski definition) is 4. The molecule has 1 aliphatic rings. The van der Waals surface area contributed by atoms with Crippen LogP contribution in [0.4, 0.5) is 0 Å². The van der Waals surface area contributed by atoms with Gasteiger partial charge >= 0.3 is 0 Å². The van der Waals surface area contributed by atoms with E-state index >= 15 is 0 Å². The maximum absolute atomic E-state index is 12.2. The molecule has 1 heterocycles. The van der Waals surface area contributed by atoms with Crippen molar-refractivity contribution in [2.45, 2.75) is 46.3 Å². The smallest absolute Gasteiger partial charge is 0.183 e. The van der Waals surface area contributed by atoms with Crippen LogP contribution in [0.15, 0.2) is 0 Å². The van der Waals surface area contributed by atoms with Crippen molar-refractivity contribution in [2.24, 2.45) is 5.92 Å². The standard InChI is InChI=1S/C15H24N2O3/c1-4-17-12-6-5-11(2)9-13(18)15(12)16-14(17)10-20-8-7-19-3/h11H,4-10H2,1-3H3. The summed E-state index contributed by atoms with van der Waals surface area (Å²) in [5.74, 6) is 1.48. The topological polar surface area (TPSA) is 53.4 Å². The van der Waals surface area contributed by atoms with Gasteiger partial charge in [0.1, 0.15) is 18.1 Å². The zero-order chi connectivity index (χ0) is 14.5. The van der Waals surface area contributed by atoms with Gasteiger partial charge in [-0.2, -0.15) is 0 Å². The predicted octanol–water partition coefficient (Wildman–Crippen LogP) is 2.22. The Hall–Kier alpha value is -1.20. The second kappa shape index (κ2) is 6.99. The van der Waals surface area contributed by atoms with E-state index in [1.165, 1.54) is 0 Å². The largest absolute Gasteiger partial charge is 0.382 e. The van der Waals surface area contributed by atoms with Crippen molar-refractivity contribution in [3.05, 3.63) is 17.2 Å². The summed E-state index contributed by atoms with van der Waals surface area (Å²) < 4.78 is 12.6. The van der Waals surface area contributed by atoms with Crippen molar-refractivity contribution in [1.29, 1.82) is 0 Å². The van der Waals surface area contributed by atoms with E-state index in [1.807, 2.05) is 0 Å². The van der Waals surface area contributed by atoms with Gasteiger partial charge in [0.25, 0.3) is 0 Å². The zero-order valence-electron chi connectivity index (χ0n) is 12.6. The molecule has 0 aliphatic heterocycles. The normalized spacial score (nSPS) is 18.9. The third-order valence-corrected chi connectivity index (χ3v) is 3.80. The molecule has 0 aromatic carbocycles. The van der Waals surface area contributed by atoms with Gasteiger partial charge in [-0.1, -0.05) is 6.92 Å². The minimum atomic E-state index is 0.176. The third-order valence-electron chi connectivity index (χ3n) is 3.80. The Morgan fingerprint density at radius 2 is 2.20 bits per heavy atom. The molecule has 0 amide bonds. The molecule has 1 aliphatic carbocycles. The molecule has 112 valence electrons. The molecule has 5 nitrogen and oxygen atoms in total. The number of carbonyl (C=O) groups is 1. The van der Waals surface area contributed by atoms with Crippen molar-refractivity contribution in [2.75, 3.05) is 20.3 Å². The molecule has 1 aromatic rings. The maximum Gasteiger partial charge on any atom is 0.183 e. The first kappa shape index (κ1) is 15.2. The lowest BCUT2D eigenvalue weighted by Gasteiger charge is -2.10. The average molecular weight is 280 g/mol. The van der Waals surface area contributed by atoms with E-state index in [-0.39, 0.29) is 5.78 Å². The van der Waals surface area contributed by atoms with Gasteiger partial charge in [0.2, 0.25) is 0 Å². The summed E-state index contributed by atoms with van der Waals surface area (Å²) in [6, 6.07) is 0.